The Bertz CT molecular complexity index is 1310. The number of aromatic nitrogens is 1. The standard InChI is InChI=1S/C24H18ClN3O5/c25-18-12-14(19-6-3-7-20(26-19)27-23(31)32)8-9-16(18)21(29)28-11-10-24(13-28)17-5-2-1-4-15(17)22(30)33-24/h1-9,12H,10-11,13H2,(H,26,27)(H,31,32)/t24-/m0/s1. The molecule has 3 aromatic rings. The zero-order valence-corrected chi connectivity index (χ0v) is 18.0. The Labute approximate surface area is 193 Å². The maximum Gasteiger partial charge on any atom is 0.410 e. The molecular weight excluding hydrogens is 446 g/mol. The number of hydrogen-bond acceptors (Lipinski definition) is 5. The van der Waals surface area contributed by atoms with Gasteiger partial charge in [0.2, 0.25) is 0 Å². The number of fused-ring (bicyclic) bond motifs is 2. The summed E-state index contributed by atoms with van der Waals surface area (Å²) in [7, 11) is 0. The summed E-state index contributed by atoms with van der Waals surface area (Å²) in [5.41, 5.74) is 2.01. The Morgan fingerprint density at radius 1 is 1.12 bits per heavy atom. The van der Waals surface area contributed by atoms with Crippen molar-refractivity contribution in [3.63, 3.8) is 0 Å². The molecule has 0 saturated carbocycles. The quantitative estimate of drug-likeness (QED) is 0.557. The summed E-state index contributed by atoms with van der Waals surface area (Å²) >= 11 is 6.46. The second kappa shape index (κ2) is 7.90. The number of nitrogens with one attached hydrogen (secondary N) is 1. The Hall–Kier alpha value is -3.91. The van der Waals surface area contributed by atoms with Gasteiger partial charge >= 0.3 is 12.1 Å². The van der Waals surface area contributed by atoms with E-state index in [0.29, 0.717) is 35.3 Å². The largest absolute Gasteiger partial charge is 0.465 e. The maximum absolute atomic E-state index is 13.2. The number of carbonyl (C=O) groups is 3. The molecular formula is C24H18ClN3O5. The van der Waals surface area contributed by atoms with Crippen LogP contribution in [-0.2, 0) is 10.3 Å². The van der Waals surface area contributed by atoms with Crippen LogP contribution in [0, 0.1) is 0 Å². The molecule has 1 spiro atoms. The molecule has 1 atom stereocenters. The Morgan fingerprint density at radius 3 is 2.73 bits per heavy atom. The molecule has 1 aromatic heterocycles. The highest BCUT2D eigenvalue weighted by atomic mass is 35.5. The van der Waals surface area contributed by atoms with E-state index in [0.717, 1.165) is 5.56 Å². The van der Waals surface area contributed by atoms with E-state index < -0.39 is 11.7 Å². The molecule has 2 aliphatic heterocycles. The molecule has 0 unspecified atom stereocenters. The van der Waals surface area contributed by atoms with Crippen LogP contribution in [0.25, 0.3) is 11.3 Å². The van der Waals surface area contributed by atoms with Gasteiger partial charge in [0.1, 0.15) is 5.82 Å². The van der Waals surface area contributed by atoms with Gasteiger partial charge < -0.3 is 14.7 Å². The minimum absolute atomic E-state index is 0.185. The van der Waals surface area contributed by atoms with Crippen LogP contribution >= 0.6 is 11.6 Å². The Balaban J connectivity index is 1.38. The minimum atomic E-state index is -1.21. The van der Waals surface area contributed by atoms with Gasteiger partial charge in [-0.25, -0.2) is 14.6 Å². The fraction of sp³-hybridized carbons (Fsp3) is 0.167. The molecule has 9 heteroatoms. The number of carboxylic acid groups (broad SMARTS) is 1. The zero-order chi connectivity index (χ0) is 23.2. The summed E-state index contributed by atoms with van der Waals surface area (Å²) < 4.78 is 5.72. The van der Waals surface area contributed by atoms with E-state index in [2.05, 4.69) is 10.3 Å². The smallest absolute Gasteiger partial charge is 0.410 e. The van der Waals surface area contributed by atoms with Crippen molar-refractivity contribution in [2.75, 3.05) is 18.4 Å². The van der Waals surface area contributed by atoms with Gasteiger partial charge in [0.15, 0.2) is 5.60 Å². The average molecular weight is 464 g/mol. The molecule has 33 heavy (non-hydrogen) atoms. The first-order valence-corrected chi connectivity index (χ1v) is 10.6. The minimum Gasteiger partial charge on any atom is -0.465 e. The average Bonchev–Trinajstić information content (AvgIpc) is 3.35. The third kappa shape index (κ3) is 3.68. The summed E-state index contributed by atoms with van der Waals surface area (Å²) in [6.07, 6.45) is -0.692. The van der Waals surface area contributed by atoms with E-state index in [1.807, 2.05) is 12.1 Å². The molecule has 1 saturated heterocycles. The fourth-order valence-electron chi connectivity index (χ4n) is 4.40. The molecule has 1 fully saturated rings. The molecule has 5 rings (SSSR count). The first kappa shape index (κ1) is 21.0. The van der Waals surface area contributed by atoms with E-state index in [-0.39, 0.29) is 29.3 Å². The summed E-state index contributed by atoms with van der Waals surface area (Å²) in [5.74, 6) is -0.433. The van der Waals surface area contributed by atoms with Crippen molar-refractivity contribution in [1.29, 1.82) is 0 Å². The van der Waals surface area contributed by atoms with E-state index in [1.54, 1.807) is 47.4 Å². The molecule has 2 aromatic carbocycles. The summed E-state index contributed by atoms with van der Waals surface area (Å²) in [6, 6.07) is 17.1. The third-order valence-electron chi connectivity index (χ3n) is 5.92. The molecule has 2 amide bonds. The number of hydrogen-bond donors (Lipinski definition) is 2. The van der Waals surface area contributed by atoms with Crippen LogP contribution in [0.1, 0.15) is 32.7 Å². The number of halogens is 1. The lowest BCUT2D eigenvalue weighted by atomic mass is 9.91. The summed E-state index contributed by atoms with van der Waals surface area (Å²) in [6.45, 7) is 0.695. The molecule has 166 valence electrons. The monoisotopic (exact) mass is 463 g/mol. The Morgan fingerprint density at radius 2 is 1.94 bits per heavy atom. The van der Waals surface area contributed by atoms with Gasteiger partial charge in [0, 0.05) is 24.1 Å². The second-order valence-electron chi connectivity index (χ2n) is 7.94. The lowest BCUT2D eigenvalue weighted by Crippen LogP contribution is -2.34. The second-order valence-corrected chi connectivity index (χ2v) is 8.35. The van der Waals surface area contributed by atoms with Gasteiger partial charge in [-0.2, -0.15) is 0 Å². The number of ether oxygens (including phenoxy) is 1. The van der Waals surface area contributed by atoms with Crippen LogP contribution in [-0.4, -0.2) is 46.0 Å². The SMILES string of the molecule is O=C(O)Nc1cccc(-c2ccc(C(=O)N3CC[C@@]4(C3)OC(=O)c3ccccc34)c(Cl)c2)n1. The van der Waals surface area contributed by atoms with Crippen molar-refractivity contribution < 1.29 is 24.2 Å². The molecule has 2 N–H and O–H groups in total. The topological polar surface area (TPSA) is 109 Å². The highest BCUT2D eigenvalue weighted by Gasteiger charge is 2.51. The number of esters is 1. The van der Waals surface area contributed by atoms with E-state index in [1.165, 1.54) is 6.07 Å². The van der Waals surface area contributed by atoms with Gasteiger partial charge in [-0.05, 0) is 30.3 Å². The molecule has 2 aliphatic rings. The molecule has 8 nitrogen and oxygen atoms in total. The first-order chi connectivity index (χ1) is 15.9. The van der Waals surface area contributed by atoms with Crippen LogP contribution in [0.5, 0.6) is 0 Å². The predicted octanol–water partition coefficient (Wildman–Crippen LogP) is 4.40. The van der Waals surface area contributed by atoms with Crippen LogP contribution < -0.4 is 5.32 Å². The van der Waals surface area contributed by atoms with Crippen LogP contribution in [0.2, 0.25) is 5.02 Å². The number of amides is 2. The van der Waals surface area contributed by atoms with Crippen molar-refractivity contribution in [3.8, 4) is 11.3 Å². The van der Waals surface area contributed by atoms with Crippen LogP contribution in [0.4, 0.5) is 10.6 Å². The first-order valence-electron chi connectivity index (χ1n) is 10.3. The molecule has 0 radical (unpaired) electrons. The van der Waals surface area contributed by atoms with Crippen LogP contribution in [0.15, 0.2) is 60.7 Å². The highest BCUT2D eigenvalue weighted by molar-refractivity contribution is 6.34. The summed E-state index contributed by atoms with van der Waals surface area (Å²) in [5, 5.41) is 11.3. The van der Waals surface area contributed by atoms with Crippen molar-refractivity contribution in [2.45, 2.75) is 12.0 Å². The van der Waals surface area contributed by atoms with E-state index >= 15 is 0 Å². The van der Waals surface area contributed by atoms with E-state index in [4.69, 9.17) is 21.4 Å². The van der Waals surface area contributed by atoms with Gasteiger partial charge in [-0.3, -0.25) is 10.1 Å². The molecule has 0 aliphatic carbocycles. The number of carbonyl (C=O) groups excluding carboxylic acids is 2. The van der Waals surface area contributed by atoms with Gasteiger partial charge in [-0.15, -0.1) is 0 Å². The normalized spacial score (nSPS) is 18.8. The number of anilines is 1. The number of rotatable bonds is 3. The zero-order valence-electron chi connectivity index (χ0n) is 17.2. The van der Waals surface area contributed by atoms with Gasteiger partial charge in [-0.1, -0.05) is 41.9 Å². The number of pyridine rings is 1. The number of nitrogens with zero attached hydrogens (tertiary/aromatic N) is 2. The predicted molar refractivity (Wildman–Crippen MR) is 120 cm³/mol. The van der Waals surface area contributed by atoms with Crippen molar-refractivity contribution in [3.05, 3.63) is 82.4 Å². The summed E-state index contributed by atoms with van der Waals surface area (Å²) in [4.78, 5) is 42.3. The molecule has 3 heterocycles. The molecule has 0 bridgehead atoms. The third-order valence-corrected chi connectivity index (χ3v) is 6.24. The fourth-order valence-corrected chi connectivity index (χ4v) is 4.66. The lowest BCUT2D eigenvalue weighted by molar-refractivity contribution is -0.00306. The van der Waals surface area contributed by atoms with E-state index in [9.17, 15) is 14.4 Å². The highest BCUT2D eigenvalue weighted by Crippen LogP contribution is 2.43. The van der Waals surface area contributed by atoms with Crippen molar-refractivity contribution >= 4 is 35.4 Å². The van der Waals surface area contributed by atoms with Crippen LogP contribution in [0.3, 0.4) is 0 Å². The van der Waals surface area contributed by atoms with Crippen molar-refractivity contribution in [2.24, 2.45) is 0 Å². The van der Waals surface area contributed by atoms with Crippen molar-refractivity contribution in [1.82, 2.24) is 9.88 Å². The van der Waals surface area contributed by atoms with Gasteiger partial charge in [0.25, 0.3) is 5.91 Å². The number of likely N-dealkylation sites (tertiary alicyclic amines) is 1. The lowest BCUT2D eigenvalue weighted by Gasteiger charge is -2.24. The Kier molecular flexibility index (Phi) is 5.02. The maximum atomic E-state index is 13.2. The van der Waals surface area contributed by atoms with Gasteiger partial charge in [0.05, 0.1) is 28.4 Å². The number of benzene rings is 2.